The molecule has 3 heteroatoms. The summed E-state index contributed by atoms with van der Waals surface area (Å²) < 4.78 is 0. The van der Waals surface area contributed by atoms with E-state index in [1.807, 2.05) is 6.92 Å². The van der Waals surface area contributed by atoms with Crippen LogP contribution in [0.4, 0.5) is 0 Å². The van der Waals surface area contributed by atoms with Crippen LogP contribution in [-0.2, 0) is 0 Å². The van der Waals surface area contributed by atoms with Gasteiger partial charge in [0.25, 0.3) is 0 Å². The van der Waals surface area contributed by atoms with Gasteiger partial charge < -0.3 is 10.2 Å². The number of piperidine rings is 1. The topological polar surface area (TPSA) is 43.7 Å². The molecule has 1 atom stereocenters. The predicted molar refractivity (Wildman–Crippen MR) is 61.8 cm³/mol. The fourth-order valence-corrected chi connectivity index (χ4v) is 2.37. The SMILES string of the molecule is CCC1CCCCN1CC(C)(CO)CO. The maximum Gasteiger partial charge on any atom is 0.0519 e. The first kappa shape index (κ1) is 12.9. The zero-order valence-electron chi connectivity index (χ0n) is 10.1. The molecule has 1 rings (SSSR count). The summed E-state index contributed by atoms with van der Waals surface area (Å²) in [5, 5.41) is 18.6. The van der Waals surface area contributed by atoms with Gasteiger partial charge in [0.05, 0.1) is 13.2 Å². The molecule has 3 nitrogen and oxygen atoms in total. The maximum atomic E-state index is 9.29. The average Bonchev–Trinajstić information content (AvgIpc) is 2.29. The second-order valence-corrected chi connectivity index (χ2v) is 5.16. The number of hydrogen-bond acceptors (Lipinski definition) is 3. The van der Waals surface area contributed by atoms with Gasteiger partial charge in [0.1, 0.15) is 0 Å². The van der Waals surface area contributed by atoms with Crippen LogP contribution in [0, 0.1) is 5.41 Å². The van der Waals surface area contributed by atoms with E-state index in [0.29, 0.717) is 6.04 Å². The van der Waals surface area contributed by atoms with E-state index in [2.05, 4.69) is 11.8 Å². The first-order valence-corrected chi connectivity index (χ1v) is 6.11. The van der Waals surface area contributed by atoms with Gasteiger partial charge in [0.2, 0.25) is 0 Å². The Kier molecular flexibility index (Phi) is 5.03. The molecule has 1 unspecified atom stereocenters. The van der Waals surface area contributed by atoms with Gasteiger partial charge in [0, 0.05) is 18.0 Å². The molecule has 1 aliphatic heterocycles. The van der Waals surface area contributed by atoms with E-state index in [0.717, 1.165) is 13.1 Å². The number of rotatable bonds is 5. The third-order valence-electron chi connectivity index (χ3n) is 3.57. The molecule has 2 N–H and O–H groups in total. The van der Waals surface area contributed by atoms with Gasteiger partial charge in [-0.05, 0) is 25.8 Å². The first-order chi connectivity index (χ1) is 7.15. The van der Waals surface area contributed by atoms with Crippen molar-refractivity contribution in [2.24, 2.45) is 5.41 Å². The van der Waals surface area contributed by atoms with Crippen molar-refractivity contribution in [1.82, 2.24) is 4.90 Å². The second kappa shape index (κ2) is 5.83. The lowest BCUT2D eigenvalue weighted by Crippen LogP contribution is -2.47. The summed E-state index contributed by atoms with van der Waals surface area (Å²) in [6.45, 7) is 6.24. The van der Waals surface area contributed by atoms with Crippen LogP contribution in [0.3, 0.4) is 0 Å². The largest absolute Gasteiger partial charge is 0.396 e. The zero-order valence-corrected chi connectivity index (χ0v) is 10.1. The summed E-state index contributed by atoms with van der Waals surface area (Å²) in [7, 11) is 0. The number of aliphatic hydroxyl groups is 2. The lowest BCUT2D eigenvalue weighted by molar-refractivity contribution is 0.0113. The highest BCUT2D eigenvalue weighted by Gasteiger charge is 2.30. The Labute approximate surface area is 93.1 Å². The van der Waals surface area contributed by atoms with E-state index in [9.17, 15) is 10.2 Å². The maximum absolute atomic E-state index is 9.29. The Morgan fingerprint density at radius 3 is 2.47 bits per heavy atom. The third-order valence-corrected chi connectivity index (χ3v) is 3.57. The summed E-state index contributed by atoms with van der Waals surface area (Å²) in [4.78, 5) is 2.44. The molecular formula is C12H25NO2. The number of nitrogens with zero attached hydrogens (tertiary/aromatic N) is 1. The van der Waals surface area contributed by atoms with Gasteiger partial charge >= 0.3 is 0 Å². The van der Waals surface area contributed by atoms with Crippen LogP contribution in [0.1, 0.15) is 39.5 Å². The van der Waals surface area contributed by atoms with Crippen molar-refractivity contribution in [3.05, 3.63) is 0 Å². The molecule has 0 saturated carbocycles. The molecule has 1 aliphatic rings. The fourth-order valence-electron chi connectivity index (χ4n) is 2.37. The lowest BCUT2D eigenvalue weighted by atomic mass is 9.89. The average molecular weight is 215 g/mol. The highest BCUT2D eigenvalue weighted by Crippen LogP contribution is 2.24. The minimum atomic E-state index is -0.342. The number of hydrogen-bond donors (Lipinski definition) is 2. The minimum Gasteiger partial charge on any atom is -0.396 e. The Bertz CT molecular complexity index is 180. The van der Waals surface area contributed by atoms with Crippen LogP contribution in [0.25, 0.3) is 0 Å². The molecule has 1 fully saturated rings. The minimum absolute atomic E-state index is 0.0659. The Morgan fingerprint density at radius 2 is 1.93 bits per heavy atom. The van der Waals surface area contributed by atoms with E-state index < -0.39 is 0 Å². The summed E-state index contributed by atoms with van der Waals surface area (Å²) in [5.74, 6) is 0. The van der Waals surface area contributed by atoms with Crippen LogP contribution >= 0.6 is 0 Å². The summed E-state index contributed by atoms with van der Waals surface area (Å²) >= 11 is 0. The van der Waals surface area contributed by atoms with Crippen molar-refractivity contribution in [2.45, 2.75) is 45.6 Å². The van der Waals surface area contributed by atoms with Gasteiger partial charge in [-0.3, -0.25) is 4.90 Å². The Hall–Kier alpha value is -0.120. The van der Waals surface area contributed by atoms with Crippen LogP contribution in [0.15, 0.2) is 0 Å². The van der Waals surface area contributed by atoms with Crippen LogP contribution in [-0.4, -0.2) is 47.5 Å². The third kappa shape index (κ3) is 3.44. The second-order valence-electron chi connectivity index (χ2n) is 5.16. The molecule has 0 amide bonds. The van der Waals surface area contributed by atoms with Crippen molar-refractivity contribution in [2.75, 3.05) is 26.3 Å². The van der Waals surface area contributed by atoms with Gasteiger partial charge in [0.15, 0.2) is 0 Å². The normalized spacial score (nSPS) is 24.4. The lowest BCUT2D eigenvalue weighted by Gasteiger charge is -2.40. The quantitative estimate of drug-likeness (QED) is 0.725. The van der Waals surface area contributed by atoms with Crippen LogP contribution in [0.2, 0.25) is 0 Å². The monoisotopic (exact) mass is 215 g/mol. The van der Waals surface area contributed by atoms with Crippen molar-refractivity contribution < 1.29 is 10.2 Å². The van der Waals surface area contributed by atoms with Crippen molar-refractivity contribution in [3.8, 4) is 0 Å². The molecule has 0 aromatic heterocycles. The van der Waals surface area contributed by atoms with Crippen molar-refractivity contribution >= 4 is 0 Å². The van der Waals surface area contributed by atoms with E-state index >= 15 is 0 Å². The molecule has 0 radical (unpaired) electrons. The smallest absolute Gasteiger partial charge is 0.0519 e. The van der Waals surface area contributed by atoms with Crippen molar-refractivity contribution in [1.29, 1.82) is 0 Å². The standard InChI is InChI=1S/C12H25NO2/c1-3-11-6-4-5-7-13(11)8-12(2,9-14)10-15/h11,14-15H,3-10H2,1-2H3. The van der Waals surface area contributed by atoms with E-state index in [-0.39, 0.29) is 18.6 Å². The molecule has 15 heavy (non-hydrogen) atoms. The fraction of sp³-hybridized carbons (Fsp3) is 1.00. The molecule has 0 aliphatic carbocycles. The molecule has 90 valence electrons. The summed E-state index contributed by atoms with van der Waals surface area (Å²) in [6.07, 6.45) is 5.02. The first-order valence-electron chi connectivity index (χ1n) is 6.11. The van der Waals surface area contributed by atoms with Gasteiger partial charge in [-0.15, -0.1) is 0 Å². The Balaban J connectivity index is 2.53. The van der Waals surface area contributed by atoms with E-state index in [1.54, 1.807) is 0 Å². The highest BCUT2D eigenvalue weighted by molar-refractivity contribution is 4.83. The highest BCUT2D eigenvalue weighted by atomic mass is 16.3. The number of likely N-dealkylation sites (tertiary alicyclic amines) is 1. The predicted octanol–water partition coefficient (Wildman–Crippen LogP) is 1.24. The number of aliphatic hydroxyl groups excluding tert-OH is 2. The zero-order chi connectivity index (χ0) is 11.3. The van der Waals surface area contributed by atoms with Crippen LogP contribution in [0.5, 0.6) is 0 Å². The molecular weight excluding hydrogens is 190 g/mol. The molecule has 0 spiro atoms. The molecule has 1 saturated heterocycles. The molecule has 0 aromatic carbocycles. The van der Waals surface area contributed by atoms with Gasteiger partial charge in [-0.2, -0.15) is 0 Å². The van der Waals surface area contributed by atoms with E-state index in [4.69, 9.17) is 0 Å². The molecule has 0 bridgehead atoms. The van der Waals surface area contributed by atoms with Crippen molar-refractivity contribution in [3.63, 3.8) is 0 Å². The molecule has 1 heterocycles. The van der Waals surface area contributed by atoms with Gasteiger partial charge in [-0.25, -0.2) is 0 Å². The summed E-state index contributed by atoms with van der Waals surface area (Å²) in [5.41, 5.74) is -0.342. The molecule has 0 aromatic rings. The van der Waals surface area contributed by atoms with Crippen LogP contribution < -0.4 is 0 Å². The van der Waals surface area contributed by atoms with E-state index in [1.165, 1.54) is 25.7 Å². The van der Waals surface area contributed by atoms with Gasteiger partial charge in [-0.1, -0.05) is 20.3 Å². The summed E-state index contributed by atoms with van der Waals surface area (Å²) in [6, 6.07) is 0.649. The Morgan fingerprint density at radius 1 is 1.27 bits per heavy atom.